The fourth-order valence-corrected chi connectivity index (χ4v) is 7.78. The van der Waals surface area contributed by atoms with Crippen molar-refractivity contribution in [3.63, 3.8) is 0 Å². The quantitative estimate of drug-likeness (QED) is 0.244. The topological polar surface area (TPSA) is 74.8 Å². The van der Waals surface area contributed by atoms with E-state index in [1.807, 2.05) is 52.0 Å². The molecule has 8 heteroatoms. The van der Waals surface area contributed by atoms with Gasteiger partial charge >= 0.3 is 0 Å². The van der Waals surface area contributed by atoms with Crippen LogP contribution in [0.2, 0.25) is 0 Å². The molecule has 0 amide bonds. The number of hydrogen-bond acceptors (Lipinski definition) is 4. The molecule has 226 valence electrons. The van der Waals surface area contributed by atoms with Crippen molar-refractivity contribution in [2.45, 2.75) is 64.2 Å². The second-order valence-corrected chi connectivity index (χ2v) is 15.1. The van der Waals surface area contributed by atoms with Crippen LogP contribution in [0.15, 0.2) is 106 Å². The Kier molecular flexibility index (Phi) is 11.1. The summed E-state index contributed by atoms with van der Waals surface area (Å²) in [5, 5.41) is 0. The Bertz CT molecular complexity index is 1660. The monoisotopic (exact) mass is 608 g/mol. The first kappa shape index (κ1) is 33.5. The van der Waals surface area contributed by atoms with Crippen molar-refractivity contribution in [1.82, 2.24) is 8.61 Å². The van der Waals surface area contributed by atoms with E-state index in [1.165, 1.54) is 19.8 Å². The molecule has 0 unspecified atom stereocenters. The van der Waals surface area contributed by atoms with Crippen molar-refractivity contribution in [1.29, 1.82) is 0 Å². The molecule has 2 aromatic carbocycles. The van der Waals surface area contributed by atoms with Crippen LogP contribution in [0.1, 0.15) is 48.9 Å². The van der Waals surface area contributed by atoms with E-state index in [-0.39, 0.29) is 36.0 Å². The van der Waals surface area contributed by atoms with E-state index in [1.54, 1.807) is 36.4 Å². The third-order valence-electron chi connectivity index (χ3n) is 7.92. The lowest BCUT2D eigenvalue weighted by molar-refractivity contribution is 0.462. The van der Waals surface area contributed by atoms with Gasteiger partial charge in [0.15, 0.2) is 0 Å². The second kappa shape index (κ2) is 14.0. The summed E-state index contributed by atoms with van der Waals surface area (Å²) in [6.45, 7) is 20.0. The number of hydrogen-bond donors (Lipinski definition) is 0. The first-order valence-electron chi connectivity index (χ1n) is 14.1. The minimum atomic E-state index is -3.80. The molecular formula is C34H44N2O4S2. The first-order chi connectivity index (χ1) is 19.7. The molecule has 0 radical (unpaired) electrons. The van der Waals surface area contributed by atoms with Crippen LogP contribution in [-0.4, -0.2) is 51.6 Å². The number of rotatable bonds is 12. The van der Waals surface area contributed by atoms with Crippen LogP contribution in [0.3, 0.4) is 0 Å². The van der Waals surface area contributed by atoms with Crippen molar-refractivity contribution in [2.24, 2.45) is 0 Å². The van der Waals surface area contributed by atoms with E-state index >= 15 is 0 Å². The standard InChI is InChI=1S/C34H44N2O4S2/c1-9-17-35(41(37,38)33-15-12-26(4)29(7)20-33)23-31-14-11-25(3)28(6)19-32(22-31)24-36(18-10-2)42(39,40)34-16-13-27(5)30(8)21-34/h9-10,12-16,20-22H,1-2,11,17-19,23-24H2,3-8H3/b28-25-,31-14+,32-22+. The summed E-state index contributed by atoms with van der Waals surface area (Å²) in [5.41, 5.74) is 7.91. The Morgan fingerprint density at radius 1 is 0.690 bits per heavy atom. The largest absolute Gasteiger partial charge is 0.243 e. The Labute approximate surface area is 253 Å². The van der Waals surface area contributed by atoms with E-state index in [9.17, 15) is 16.8 Å². The van der Waals surface area contributed by atoms with Crippen molar-refractivity contribution >= 4 is 20.0 Å². The van der Waals surface area contributed by atoms with E-state index in [2.05, 4.69) is 27.0 Å². The molecule has 0 aromatic heterocycles. The lowest BCUT2D eigenvalue weighted by Gasteiger charge is -2.26. The van der Waals surface area contributed by atoms with Gasteiger partial charge in [-0.2, -0.15) is 8.61 Å². The first-order valence-corrected chi connectivity index (χ1v) is 17.0. The summed E-state index contributed by atoms with van der Waals surface area (Å²) in [6.07, 6.45) is 8.46. The molecule has 0 N–H and O–H groups in total. The Morgan fingerprint density at radius 3 is 1.62 bits per heavy atom. The molecule has 3 rings (SSSR count). The van der Waals surface area contributed by atoms with Gasteiger partial charge in [0.25, 0.3) is 0 Å². The van der Waals surface area contributed by atoms with Gasteiger partial charge in [-0.1, -0.05) is 53.2 Å². The number of nitrogens with zero attached hydrogens (tertiary/aromatic N) is 2. The van der Waals surface area contributed by atoms with Gasteiger partial charge in [-0.15, -0.1) is 13.2 Å². The van der Waals surface area contributed by atoms with Crippen LogP contribution in [-0.2, 0) is 20.0 Å². The molecule has 1 aliphatic rings. The zero-order chi connectivity index (χ0) is 31.2. The van der Waals surface area contributed by atoms with Gasteiger partial charge in [-0.25, -0.2) is 16.8 Å². The molecule has 0 atom stereocenters. The molecule has 0 heterocycles. The molecule has 0 aliphatic heterocycles. The van der Waals surface area contributed by atoms with Gasteiger partial charge in [0, 0.05) is 26.2 Å². The summed E-state index contributed by atoms with van der Waals surface area (Å²) >= 11 is 0. The summed E-state index contributed by atoms with van der Waals surface area (Å²) in [4.78, 5) is 0.487. The highest BCUT2D eigenvalue weighted by molar-refractivity contribution is 7.89. The van der Waals surface area contributed by atoms with Gasteiger partial charge in [0.05, 0.1) is 9.79 Å². The average molecular weight is 609 g/mol. The van der Waals surface area contributed by atoms with Crippen LogP contribution < -0.4 is 0 Å². The summed E-state index contributed by atoms with van der Waals surface area (Å²) in [7, 11) is -7.61. The van der Waals surface area contributed by atoms with Crippen molar-refractivity contribution in [2.75, 3.05) is 26.2 Å². The normalized spacial score (nSPS) is 19.0. The average Bonchev–Trinajstić information content (AvgIpc) is 2.92. The van der Waals surface area contributed by atoms with Crippen LogP contribution in [0.4, 0.5) is 0 Å². The van der Waals surface area contributed by atoms with Crippen LogP contribution >= 0.6 is 0 Å². The van der Waals surface area contributed by atoms with Crippen molar-refractivity contribution in [3.8, 4) is 0 Å². The Balaban J connectivity index is 2.02. The molecule has 1 aliphatic carbocycles. The highest BCUT2D eigenvalue weighted by Gasteiger charge is 2.27. The molecule has 0 spiro atoms. The highest BCUT2D eigenvalue weighted by Crippen LogP contribution is 2.28. The van der Waals surface area contributed by atoms with Crippen LogP contribution in [0.5, 0.6) is 0 Å². The third kappa shape index (κ3) is 7.86. The van der Waals surface area contributed by atoms with E-state index < -0.39 is 20.0 Å². The zero-order valence-corrected chi connectivity index (χ0v) is 27.4. The fraction of sp³-hybridized carbons (Fsp3) is 0.353. The Morgan fingerprint density at radius 2 is 1.17 bits per heavy atom. The molecule has 0 bridgehead atoms. The molecule has 6 nitrogen and oxygen atoms in total. The summed E-state index contributed by atoms with van der Waals surface area (Å²) in [6, 6.07) is 10.3. The number of allylic oxidation sites excluding steroid dienone is 3. The fourth-order valence-electron chi connectivity index (χ4n) is 4.79. The van der Waals surface area contributed by atoms with E-state index in [0.717, 1.165) is 33.4 Å². The van der Waals surface area contributed by atoms with Crippen LogP contribution in [0, 0.1) is 27.7 Å². The van der Waals surface area contributed by atoms with Crippen LogP contribution in [0.25, 0.3) is 0 Å². The maximum atomic E-state index is 13.8. The van der Waals surface area contributed by atoms with Crippen molar-refractivity contribution < 1.29 is 16.8 Å². The van der Waals surface area contributed by atoms with Gasteiger partial charge in [-0.3, -0.25) is 0 Å². The molecule has 0 fully saturated rings. The minimum absolute atomic E-state index is 0.141. The highest BCUT2D eigenvalue weighted by atomic mass is 32.2. The van der Waals surface area contributed by atoms with Crippen molar-refractivity contribution in [3.05, 3.63) is 118 Å². The number of benzene rings is 2. The summed E-state index contributed by atoms with van der Waals surface area (Å²) in [5.74, 6) is 0. The third-order valence-corrected chi connectivity index (χ3v) is 11.5. The number of sulfonamides is 2. The summed E-state index contributed by atoms with van der Waals surface area (Å²) < 4.78 is 57.9. The predicted molar refractivity (Wildman–Crippen MR) is 174 cm³/mol. The molecular weight excluding hydrogens is 565 g/mol. The molecule has 2 aromatic rings. The minimum Gasteiger partial charge on any atom is -0.207 e. The smallest absolute Gasteiger partial charge is 0.207 e. The molecule has 0 saturated carbocycles. The van der Waals surface area contributed by atoms with Gasteiger partial charge in [-0.05, 0) is 106 Å². The lowest BCUT2D eigenvalue weighted by Crippen LogP contribution is -2.34. The van der Waals surface area contributed by atoms with E-state index in [0.29, 0.717) is 12.8 Å². The van der Waals surface area contributed by atoms with Gasteiger partial charge in [0.1, 0.15) is 0 Å². The van der Waals surface area contributed by atoms with Gasteiger partial charge < -0.3 is 0 Å². The molecule has 42 heavy (non-hydrogen) atoms. The lowest BCUT2D eigenvalue weighted by atomic mass is 9.94. The zero-order valence-electron chi connectivity index (χ0n) is 25.8. The maximum absolute atomic E-state index is 13.8. The molecule has 0 saturated heterocycles. The second-order valence-electron chi connectivity index (χ2n) is 11.2. The SMILES string of the molecule is C=CCN(CC1=C/C/C(C)=C(/C)C/C(CN(CC=C)S(=O)(=O)c2ccc(C)c(C)c2)=C\1)S(=O)(=O)c1ccc(C)c(C)c1. The maximum Gasteiger partial charge on any atom is 0.243 e. The number of aryl methyl sites for hydroxylation is 4. The Hall–Kier alpha value is -3.04. The van der Waals surface area contributed by atoms with Gasteiger partial charge in [0.2, 0.25) is 20.0 Å². The predicted octanol–water partition coefficient (Wildman–Crippen LogP) is 6.96. The van der Waals surface area contributed by atoms with E-state index in [4.69, 9.17) is 0 Å².